The highest BCUT2D eigenvalue weighted by Crippen LogP contribution is 2.36. The maximum atomic E-state index is 13.4. The van der Waals surface area contributed by atoms with Gasteiger partial charge in [-0.2, -0.15) is 13.2 Å². The van der Waals surface area contributed by atoms with Crippen LogP contribution in [0.1, 0.15) is 29.7 Å². The molecule has 0 aliphatic carbocycles. The number of anilines is 1. The quantitative estimate of drug-likeness (QED) is 0.300. The van der Waals surface area contributed by atoms with E-state index in [2.05, 4.69) is 15.3 Å². The minimum Gasteiger partial charge on any atom is -0.348 e. The standard InChI is InChI=1S/C27H22F3N5/c1-17-11-12-23-34-24(20-9-6-10-21(15-20)27(28,29)30)25(35(23)16-17)22-13-14-31-26(33-22)32-18(2)19-7-4-3-5-8-19/h3-16,18H,1-2H3,(H,31,32,33)/t18-/m0/s1. The summed E-state index contributed by atoms with van der Waals surface area (Å²) < 4.78 is 42.1. The molecule has 0 radical (unpaired) electrons. The number of alkyl halides is 3. The molecule has 0 saturated heterocycles. The van der Waals surface area contributed by atoms with Crippen molar-refractivity contribution in [3.8, 4) is 22.6 Å². The summed E-state index contributed by atoms with van der Waals surface area (Å²) in [5.41, 5.74) is 3.88. The van der Waals surface area contributed by atoms with Crippen molar-refractivity contribution >= 4 is 11.6 Å². The molecule has 5 nitrogen and oxygen atoms in total. The second kappa shape index (κ2) is 8.87. The Morgan fingerprint density at radius 1 is 0.914 bits per heavy atom. The molecule has 0 saturated carbocycles. The fraction of sp³-hybridized carbons (Fsp3) is 0.148. The van der Waals surface area contributed by atoms with Gasteiger partial charge in [-0.05, 0) is 49.2 Å². The van der Waals surface area contributed by atoms with Gasteiger partial charge in [0, 0.05) is 18.0 Å². The topological polar surface area (TPSA) is 55.1 Å². The van der Waals surface area contributed by atoms with E-state index in [0.29, 0.717) is 34.2 Å². The van der Waals surface area contributed by atoms with Crippen LogP contribution < -0.4 is 5.32 Å². The van der Waals surface area contributed by atoms with Crippen LogP contribution in [0.15, 0.2) is 85.2 Å². The van der Waals surface area contributed by atoms with E-state index in [1.54, 1.807) is 18.3 Å². The van der Waals surface area contributed by atoms with Crippen LogP contribution in [0.5, 0.6) is 0 Å². The largest absolute Gasteiger partial charge is 0.416 e. The van der Waals surface area contributed by atoms with Gasteiger partial charge in [-0.1, -0.05) is 48.5 Å². The zero-order valence-electron chi connectivity index (χ0n) is 19.1. The molecule has 176 valence electrons. The molecule has 3 heterocycles. The maximum Gasteiger partial charge on any atom is 0.416 e. The van der Waals surface area contributed by atoms with Crippen LogP contribution in [0.3, 0.4) is 0 Å². The van der Waals surface area contributed by atoms with Gasteiger partial charge in [-0.3, -0.25) is 4.40 Å². The van der Waals surface area contributed by atoms with Gasteiger partial charge in [0.1, 0.15) is 5.65 Å². The summed E-state index contributed by atoms with van der Waals surface area (Å²) in [6.07, 6.45) is -0.921. The van der Waals surface area contributed by atoms with Gasteiger partial charge >= 0.3 is 6.18 Å². The first kappa shape index (κ1) is 22.6. The van der Waals surface area contributed by atoms with Gasteiger partial charge in [-0.15, -0.1) is 0 Å². The number of benzene rings is 2. The SMILES string of the molecule is Cc1ccc2nc(-c3cccc(C(F)(F)F)c3)c(-c3ccnc(N[C@@H](C)c4ccccc4)n3)n2c1. The van der Waals surface area contributed by atoms with Gasteiger partial charge in [0.05, 0.1) is 28.7 Å². The maximum absolute atomic E-state index is 13.4. The molecule has 0 amide bonds. The molecule has 5 aromatic rings. The van der Waals surface area contributed by atoms with Crippen LogP contribution >= 0.6 is 0 Å². The Hall–Kier alpha value is -4.20. The van der Waals surface area contributed by atoms with Crippen molar-refractivity contribution in [2.45, 2.75) is 26.1 Å². The van der Waals surface area contributed by atoms with E-state index in [1.165, 1.54) is 6.07 Å². The molecule has 0 bridgehead atoms. The van der Waals surface area contributed by atoms with Crippen molar-refractivity contribution in [2.75, 3.05) is 5.32 Å². The van der Waals surface area contributed by atoms with E-state index < -0.39 is 11.7 Å². The molecule has 0 fully saturated rings. The van der Waals surface area contributed by atoms with E-state index in [9.17, 15) is 13.2 Å². The fourth-order valence-electron chi connectivity index (χ4n) is 4.02. The third-order valence-electron chi connectivity index (χ3n) is 5.77. The zero-order valence-corrected chi connectivity index (χ0v) is 19.1. The molecule has 35 heavy (non-hydrogen) atoms. The Balaban J connectivity index is 1.63. The first-order valence-electron chi connectivity index (χ1n) is 11.1. The second-order valence-electron chi connectivity index (χ2n) is 8.36. The second-order valence-corrected chi connectivity index (χ2v) is 8.36. The number of halogens is 3. The number of rotatable bonds is 5. The van der Waals surface area contributed by atoms with Crippen molar-refractivity contribution in [2.24, 2.45) is 0 Å². The van der Waals surface area contributed by atoms with E-state index >= 15 is 0 Å². The highest BCUT2D eigenvalue weighted by molar-refractivity contribution is 5.81. The monoisotopic (exact) mass is 473 g/mol. The zero-order chi connectivity index (χ0) is 24.6. The molecule has 0 aliphatic rings. The van der Waals surface area contributed by atoms with Gasteiger partial charge in [0.25, 0.3) is 0 Å². The summed E-state index contributed by atoms with van der Waals surface area (Å²) in [5.74, 6) is 0.413. The fourth-order valence-corrected chi connectivity index (χ4v) is 4.02. The molecular formula is C27H22F3N5. The Morgan fingerprint density at radius 2 is 1.71 bits per heavy atom. The lowest BCUT2D eigenvalue weighted by atomic mass is 10.0. The number of aromatic nitrogens is 4. The molecule has 3 aromatic heterocycles. The number of hydrogen-bond acceptors (Lipinski definition) is 4. The molecule has 1 N–H and O–H groups in total. The molecule has 0 aliphatic heterocycles. The molecule has 8 heteroatoms. The highest BCUT2D eigenvalue weighted by Gasteiger charge is 2.31. The van der Waals surface area contributed by atoms with Crippen LogP contribution in [0.25, 0.3) is 28.3 Å². The molecule has 5 rings (SSSR count). The van der Waals surface area contributed by atoms with Crippen molar-refractivity contribution in [1.82, 2.24) is 19.4 Å². The van der Waals surface area contributed by atoms with Crippen molar-refractivity contribution in [1.29, 1.82) is 0 Å². The van der Waals surface area contributed by atoms with Crippen molar-refractivity contribution in [3.63, 3.8) is 0 Å². The first-order chi connectivity index (χ1) is 16.8. The molecule has 2 aromatic carbocycles. The van der Waals surface area contributed by atoms with Crippen LogP contribution in [0.4, 0.5) is 19.1 Å². The molecule has 0 unspecified atom stereocenters. The smallest absolute Gasteiger partial charge is 0.348 e. The number of aryl methyl sites for hydroxylation is 1. The first-order valence-corrected chi connectivity index (χ1v) is 11.1. The number of pyridine rings is 1. The van der Waals surface area contributed by atoms with Crippen molar-refractivity contribution in [3.05, 3.63) is 102 Å². The van der Waals surface area contributed by atoms with Gasteiger partial charge in [0.15, 0.2) is 0 Å². The van der Waals surface area contributed by atoms with Gasteiger partial charge < -0.3 is 5.32 Å². The normalized spacial score (nSPS) is 12.6. The summed E-state index contributed by atoms with van der Waals surface area (Å²) in [5, 5.41) is 3.31. The van der Waals surface area contributed by atoms with Crippen molar-refractivity contribution < 1.29 is 13.2 Å². The number of nitrogens with zero attached hydrogens (tertiary/aromatic N) is 4. The predicted molar refractivity (Wildman–Crippen MR) is 130 cm³/mol. The lowest BCUT2D eigenvalue weighted by molar-refractivity contribution is -0.137. The Bertz CT molecular complexity index is 1490. The third kappa shape index (κ3) is 4.59. The van der Waals surface area contributed by atoms with E-state index in [4.69, 9.17) is 4.98 Å². The third-order valence-corrected chi connectivity index (χ3v) is 5.77. The highest BCUT2D eigenvalue weighted by atomic mass is 19.4. The number of fused-ring (bicyclic) bond motifs is 1. The van der Waals surface area contributed by atoms with Crippen LogP contribution in [-0.2, 0) is 6.18 Å². The molecular weight excluding hydrogens is 451 g/mol. The predicted octanol–water partition coefficient (Wildman–Crippen LogP) is 6.96. The summed E-state index contributed by atoms with van der Waals surface area (Å²) in [7, 11) is 0. The molecule has 1 atom stereocenters. The number of hydrogen-bond donors (Lipinski definition) is 1. The van der Waals surface area contributed by atoms with E-state index in [-0.39, 0.29) is 6.04 Å². The molecule has 0 spiro atoms. The van der Waals surface area contributed by atoms with Crippen LogP contribution in [0.2, 0.25) is 0 Å². The van der Waals surface area contributed by atoms with Crippen LogP contribution in [0, 0.1) is 6.92 Å². The summed E-state index contributed by atoms with van der Waals surface area (Å²) in [6, 6.07) is 20.6. The van der Waals surface area contributed by atoms with Crippen LogP contribution in [-0.4, -0.2) is 19.4 Å². The van der Waals surface area contributed by atoms with E-state index in [1.807, 2.05) is 66.9 Å². The lowest BCUT2D eigenvalue weighted by Gasteiger charge is -2.15. The van der Waals surface area contributed by atoms with E-state index in [0.717, 1.165) is 23.3 Å². The number of imidazole rings is 1. The Kier molecular flexibility index (Phi) is 5.72. The summed E-state index contributed by atoms with van der Waals surface area (Å²) >= 11 is 0. The number of nitrogens with one attached hydrogen (secondary N) is 1. The van der Waals surface area contributed by atoms with Gasteiger partial charge in [-0.25, -0.2) is 15.0 Å². The average molecular weight is 474 g/mol. The van der Waals surface area contributed by atoms with Gasteiger partial charge in [0.2, 0.25) is 5.95 Å². The Morgan fingerprint density at radius 3 is 2.49 bits per heavy atom. The Labute approximate surface area is 200 Å². The summed E-state index contributed by atoms with van der Waals surface area (Å²) in [4.78, 5) is 13.7. The minimum atomic E-state index is -4.45. The minimum absolute atomic E-state index is 0.0428. The summed E-state index contributed by atoms with van der Waals surface area (Å²) in [6.45, 7) is 3.96. The lowest BCUT2D eigenvalue weighted by Crippen LogP contribution is -2.09. The average Bonchev–Trinajstić information content (AvgIpc) is 3.23.